The molecule has 1 fully saturated rings. The van der Waals surface area contributed by atoms with Crippen molar-refractivity contribution in [3.05, 3.63) is 0 Å². The van der Waals surface area contributed by atoms with Crippen LogP contribution in [0.1, 0.15) is 39.5 Å². The molecule has 106 valence electrons. The summed E-state index contributed by atoms with van der Waals surface area (Å²) in [5.74, 6) is -0.0117. The van der Waals surface area contributed by atoms with Crippen molar-refractivity contribution in [2.24, 2.45) is 0 Å². The number of rotatable bonds is 7. The van der Waals surface area contributed by atoms with Gasteiger partial charge in [-0.2, -0.15) is 0 Å². The van der Waals surface area contributed by atoms with Crippen LogP contribution >= 0.6 is 0 Å². The highest BCUT2D eigenvalue weighted by Gasteiger charge is 2.20. The average Bonchev–Trinajstić information content (AvgIpc) is 2.29. The van der Waals surface area contributed by atoms with Gasteiger partial charge < -0.3 is 20.5 Å². The van der Waals surface area contributed by atoms with Gasteiger partial charge in [-0.1, -0.05) is 0 Å². The lowest BCUT2D eigenvalue weighted by Gasteiger charge is -2.26. The summed E-state index contributed by atoms with van der Waals surface area (Å²) in [7, 11) is 0. The van der Waals surface area contributed by atoms with Gasteiger partial charge in [-0.25, -0.2) is 0 Å². The second kappa shape index (κ2) is 7.71. The van der Waals surface area contributed by atoms with Crippen molar-refractivity contribution >= 4 is 5.91 Å². The minimum atomic E-state index is -0.347. The van der Waals surface area contributed by atoms with Crippen molar-refractivity contribution < 1.29 is 14.6 Å². The first kappa shape index (κ1) is 15.4. The zero-order valence-corrected chi connectivity index (χ0v) is 11.5. The number of aliphatic hydroxyl groups is 1. The molecule has 1 amide bonds. The van der Waals surface area contributed by atoms with E-state index in [4.69, 9.17) is 9.84 Å². The molecule has 1 aliphatic heterocycles. The van der Waals surface area contributed by atoms with Crippen molar-refractivity contribution in [3.8, 4) is 0 Å². The van der Waals surface area contributed by atoms with Crippen LogP contribution in [0.15, 0.2) is 0 Å². The van der Waals surface area contributed by atoms with Crippen LogP contribution in [0.3, 0.4) is 0 Å². The SMILES string of the molecule is CC(C)(CCO)NC(=O)CCOC1CCNCC1. The van der Waals surface area contributed by atoms with Crippen LogP contribution in [0.2, 0.25) is 0 Å². The molecule has 5 nitrogen and oxygen atoms in total. The normalized spacial score (nSPS) is 17.7. The molecule has 0 spiro atoms. The summed E-state index contributed by atoms with van der Waals surface area (Å²) < 4.78 is 5.68. The van der Waals surface area contributed by atoms with E-state index < -0.39 is 0 Å². The fourth-order valence-electron chi connectivity index (χ4n) is 2.06. The number of piperidine rings is 1. The van der Waals surface area contributed by atoms with Crippen molar-refractivity contribution in [1.29, 1.82) is 0 Å². The van der Waals surface area contributed by atoms with Gasteiger partial charge in [0.2, 0.25) is 5.91 Å². The largest absolute Gasteiger partial charge is 0.396 e. The van der Waals surface area contributed by atoms with E-state index in [0.29, 0.717) is 25.6 Å². The highest BCUT2D eigenvalue weighted by Crippen LogP contribution is 2.09. The lowest BCUT2D eigenvalue weighted by Crippen LogP contribution is -2.44. The Morgan fingerprint density at radius 2 is 2.11 bits per heavy atom. The van der Waals surface area contributed by atoms with Gasteiger partial charge in [0.25, 0.3) is 0 Å². The molecule has 1 saturated heterocycles. The molecule has 0 saturated carbocycles. The van der Waals surface area contributed by atoms with Crippen molar-refractivity contribution in [1.82, 2.24) is 10.6 Å². The van der Waals surface area contributed by atoms with E-state index in [1.165, 1.54) is 0 Å². The predicted molar refractivity (Wildman–Crippen MR) is 70.4 cm³/mol. The first-order valence-electron chi connectivity index (χ1n) is 6.78. The van der Waals surface area contributed by atoms with Crippen LogP contribution in [-0.4, -0.2) is 49.0 Å². The van der Waals surface area contributed by atoms with Gasteiger partial charge in [-0.05, 0) is 46.2 Å². The number of hydrogen-bond donors (Lipinski definition) is 3. The number of amides is 1. The summed E-state index contributed by atoms with van der Waals surface area (Å²) >= 11 is 0. The topological polar surface area (TPSA) is 70.6 Å². The molecule has 0 radical (unpaired) electrons. The van der Waals surface area contributed by atoms with Crippen LogP contribution in [0.25, 0.3) is 0 Å². The smallest absolute Gasteiger partial charge is 0.222 e. The third kappa shape index (κ3) is 6.33. The Morgan fingerprint density at radius 3 is 2.72 bits per heavy atom. The Bertz CT molecular complexity index is 251. The number of hydrogen-bond acceptors (Lipinski definition) is 4. The van der Waals surface area contributed by atoms with Crippen LogP contribution in [-0.2, 0) is 9.53 Å². The summed E-state index contributed by atoms with van der Waals surface area (Å²) in [5, 5.41) is 15.1. The van der Waals surface area contributed by atoms with E-state index in [-0.39, 0.29) is 18.1 Å². The summed E-state index contributed by atoms with van der Waals surface area (Å²) in [5.41, 5.74) is -0.347. The van der Waals surface area contributed by atoms with E-state index in [1.807, 2.05) is 13.8 Å². The van der Waals surface area contributed by atoms with Gasteiger partial charge in [-0.15, -0.1) is 0 Å². The highest BCUT2D eigenvalue weighted by molar-refractivity contribution is 5.76. The quantitative estimate of drug-likeness (QED) is 0.619. The molecule has 0 aromatic carbocycles. The van der Waals surface area contributed by atoms with Crippen LogP contribution in [0.4, 0.5) is 0 Å². The second-order valence-electron chi connectivity index (χ2n) is 5.48. The van der Waals surface area contributed by atoms with Gasteiger partial charge in [0.1, 0.15) is 0 Å². The molecular weight excluding hydrogens is 232 g/mol. The van der Waals surface area contributed by atoms with E-state index in [2.05, 4.69) is 10.6 Å². The molecule has 0 aromatic heterocycles. The Morgan fingerprint density at radius 1 is 1.44 bits per heavy atom. The fourth-order valence-corrected chi connectivity index (χ4v) is 2.06. The molecular formula is C13H26N2O3. The second-order valence-corrected chi connectivity index (χ2v) is 5.48. The fraction of sp³-hybridized carbons (Fsp3) is 0.923. The summed E-state index contributed by atoms with van der Waals surface area (Å²) in [6.07, 6.45) is 3.30. The maximum atomic E-state index is 11.7. The Balaban J connectivity index is 2.12. The maximum absolute atomic E-state index is 11.7. The van der Waals surface area contributed by atoms with Crippen molar-refractivity contribution in [2.45, 2.75) is 51.2 Å². The Hall–Kier alpha value is -0.650. The standard InChI is InChI=1S/C13H26N2O3/c1-13(2,6-9-16)15-12(17)5-10-18-11-3-7-14-8-4-11/h11,14,16H,3-10H2,1-2H3,(H,15,17). The third-order valence-electron chi connectivity index (χ3n) is 3.18. The number of ether oxygens (including phenoxy) is 1. The lowest BCUT2D eigenvalue weighted by atomic mass is 10.0. The molecule has 5 heteroatoms. The molecule has 0 aromatic rings. The molecule has 1 rings (SSSR count). The van der Waals surface area contributed by atoms with Gasteiger partial charge >= 0.3 is 0 Å². The molecule has 1 aliphatic rings. The molecule has 0 atom stereocenters. The molecule has 3 N–H and O–H groups in total. The van der Waals surface area contributed by atoms with Crippen molar-refractivity contribution in [3.63, 3.8) is 0 Å². The molecule has 0 aliphatic carbocycles. The van der Waals surface area contributed by atoms with Crippen LogP contribution in [0, 0.1) is 0 Å². The number of nitrogens with one attached hydrogen (secondary N) is 2. The monoisotopic (exact) mass is 258 g/mol. The zero-order chi connectivity index (χ0) is 13.4. The van der Waals surface area contributed by atoms with E-state index in [9.17, 15) is 4.79 Å². The summed E-state index contributed by atoms with van der Waals surface area (Å²) in [4.78, 5) is 11.7. The number of aliphatic hydroxyl groups excluding tert-OH is 1. The maximum Gasteiger partial charge on any atom is 0.222 e. The zero-order valence-electron chi connectivity index (χ0n) is 11.5. The number of carbonyl (C=O) groups is 1. The third-order valence-corrected chi connectivity index (χ3v) is 3.18. The van der Waals surface area contributed by atoms with Crippen molar-refractivity contribution in [2.75, 3.05) is 26.3 Å². The van der Waals surface area contributed by atoms with Crippen LogP contribution < -0.4 is 10.6 Å². The van der Waals surface area contributed by atoms with Gasteiger partial charge in [-0.3, -0.25) is 4.79 Å². The minimum Gasteiger partial charge on any atom is -0.396 e. The minimum absolute atomic E-state index is 0.0117. The van der Waals surface area contributed by atoms with Gasteiger partial charge in [0, 0.05) is 18.6 Å². The lowest BCUT2D eigenvalue weighted by molar-refractivity contribution is -0.124. The van der Waals surface area contributed by atoms with E-state index in [0.717, 1.165) is 25.9 Å². The van der Waals surface area contributed by atoms with E-state index >= 15 is 0 Å². The Kier molecular flexibility index (Phi) is 6.60. The van der Waals surface area contributed by atoms with Crippen LogP contribution in [0.5, 0.6) is 0 Å². The molecule has 1 heterocycles. The highest BCUT2D eigenvalue weighted by atomic mass is 16.5. The van der Waals surface area contributed by atoms with Gasteiger partial charge in [0.05, 0.1) is 12.7 Å². The van der Waals surface area contributed by atoms with Gasteiger partial charge in [0.15, 0.2) is 0 Å². The average molecular weight is 258 g/mol. The predicted octanol–water partition coefficient (Wildman–Crippen LogP) is 0.422. The summed E-state index contributed by atoms with van der Waals surface area (Å²) in [6.45, 7) is 6.38. The Labute approximate surface area is 109 Å². The molecule has 18 heavy (non-hydrogen) atoms. The molecule has 0 unspecified atom stereocenters. The van der Waals surface area contributed by atoms with E-state index in [1.54, 1.807) is 0 Å². The number of carbonyl (C=O) groups excluding carboxylic acids is 1. The first-order chi connectivity index (χ1) is 8.53. The summed E-state index contributed by atoms with van der Waals surface area (Å²) in [6, 6.07) is 0. The first-order valence-corrected chi connectivity index (χ1v) is 6.78. The molecule has 0 bridgehead atoms.